The minimum Gasteiger partial charge on any atom is -0.244 e. The van der Waals surface area contributed by atoms with Crippen molar-refractivity contribution in [2.45, 2.75) is 6.54 Å². The van der Waals surface area contributed by atoms with Crippen molar-refractivity contribution in [3.8, 4) is 5.69 Å². The second-order valence-electron chi connectivity index (χ2n) is 5.36. The molecule has 3 aromatic heterocycles. The molecule has 0 N–H and O–H groups in total. The van der Waals surface area contributed by atoms with Crippen LogP contribution in [-0.4, -0.2) is 24.7 Å². The Morgan fingerprint density at radius 1 is 1.08 bits per heavy atom. The summed E-state index contributed by atoms with van der Waals surface area (Å²) in [5.41, 5.74) is 2.47. The van der Waals surface area contributed by atoms with Gasteiger partial charge in [0.05, 0.1) is 23.8 Å². The zero-order chi connectivity index (χ0) is 17.9. The van der Waals surface area contributed by atoms with Crippen molar-refractivity contribution in [2.75, 3.05) is 0 Å². The van der Waals surface area contributed by atoms with E-state index in [0.29, 0.717) is 23.2 Å². The van der Waals surface area contributed by atoms with E-state index in [1.165, 1.54) is 6.33 Å². The molecule has 0 fully saturated rings. The van der Waals surface area contributed by atoms with Crippen molar-refractivity contribution in [3.05, 3.63) is 70.3 Å². The largest absolute Gasteiger partial charge is 0.244 e. The average molecular weight is 429 g/mol. The number of hydrogen-bond donors (Lipinski definition) is 0. The van der Waals surface area contributed by atoms with Gasteiger partial charge in [-0.25, -0.2) is 19.6 Å². The van der Waals surface area contributed by atoms with E-state index in [1.807, 2.05) is 30.3 Å². The highest BCUT2D eigenvalue weighted by atomic mass is 79.9. The van der Waals surface area contributed by atoms with Gasteiger partial charge in [-0.15, -0.1) is 5.11 Å². The molecule has 1 aromatic carbocycles. The van der Waals surface area contributed by atoms with Crippen LogP contribution in [-0.2, 0) is 6.54 Å². The molecule has 0 radical (unpaired) electrons. The molecule has 0 saturated carbocycles. The SMILES string of the molecule is Clc1ccc(CN=Nc2ncnc3c2cnn3-c2cccc(Br)c2)cn1. The lowest BCUT2D eigenvalue weighted by Crippen LogP contribution is -1.97. The Kier molecular flexibility index (Phi) is 4.68. The number of benzene rings is 1. The number of halogens is 2. The third-order valence-electron chi connectivity index (χ3n) is 3.60. The van der Waals surface area contributed by atoms with Crippen LogP contribution in [0.1, 0.15) is 5.56 Å². The van der Waals surface area contributed by atoms with E-state index in [-0.39, 0.29) is 0 Å². The van der Waals surface area contributed by atoms with E-state index in [1.54, 1.807) is 23.1 Å². The molecule has 0 amide bonds. The van der Waals surface area contributed by atoms with Gasteiger partial charge in [-0.3, -0.25) is 0 Å². The molecule has 3 heterocycles. The Labute approximate surface area is 161 Å². The first-order valence-corrected chi connectivity index (χ1v) is 8.80. The molecule has 9 heteroatoms. The fraction of sp³-hybridized carbons (Fsp3) is 0.0588. The molecule has 128 valence electrons. The maximum atomic E-state index is 5.78. The smallest absolute Gasteiger partial charge is 0.188 e. The molecular weight excluding hydrogens is 418 g/mol. The predicted octanol–water partition coefficient (Wildman–Crippen LogP) is 4.91. The summed E-state index contributed by atoms with van der Waals surface area (Å²) in [4.78, 5) is 12.6. The quantitative estimate of drug-likeness (QED) is 0.341. The molecule has 0 aliphatic rings. The fourth-order valence-corrected chi connectivity index (χ4v) is 2.89. The van der Waals surface area contributed by atoms with Crippen molar-refractivity contribution in [3.63, 3.8) is 0 Å². The van der Waals surface area contributed by atoms with Gasteiger partial charge in [-0.2, -0.15) is 10.2 Å². The van der Waals surface area contributed by atoms with Gasteiger partial charge in [0.1, 0.15) is 11.5 Å². The molecule has 4 aromatic rings. The summed E-state index contributed by atoms with van der Waals surface area (Å²) in [5.74, 6) is 0.471. The lowest BCUT2D eigenvalue weighted by molar-refractivity contribution is 0.893. The Morgan fingerprint density at radius 3 is 2.81 bits per heavy atom. The van der Waals surface area contributed by atoms with Gasteiger partial charge in [0.15, 0.2) is 11.5 Å². The van der Waals surface area contributed by atoms with Crippen LogP contribution in [0.15, 0.2) is 69.8 Å². The van der Waals surface area contributed by atoms with Gasteiger partial charge >= 0.3 is 0 Å². The zero-order valence-electron chi connectivity index (χ0n) is 13.3. The number of pyridine rings is 1. The van der Waals surface area contributed by atoms with Crippen molar-refractivity contribution in [1.82, 2.24) is 24.7 Å². The molecule has 0 spiro atoms. The van der Waals surface area contributed by atoms with Gasteiger partial charge in [-0.1, -0.05) is 39.7 Å². The predicted molar refractivity (Wildman–Crippen MR) is 102 cm³/mol. The summed E-state index contributed by atoms with van der Waals surface area (Å²) in [6.07, 6.45) is 4.81. The van der Waals surface area contributed by atoms with Crippen LogP contribution in [0.3, 0.4) is 0 Å². The van der Waals surface area contributed by atoms with E-state index in [0.717, 1.165) is 21.1 Å². The first kappa shape index (κ1) is 16.7. The normalized spacial score (nSPS) is 11.5. The number of azo groups is 1. The third kappa shape index (κ3) is 3.47. The van der Waals surface area contributed by atoms with Crippen LogP contribution in [0.5, 0.6) is 0 Å². The number of rotatable bonds is 4. The fourth-order valence-electron chi connectivity index (χ4n) is 2.39. The number of hydrogen-bond acceptors (Lipinski definition) is 6. The lowest BCUT2D eigenvalue weighted by Gasteiger charge is -2.03. The maximum absolute atomic E-state index is 5.78. The van der Waals surface area contributed by atoms with Crippen LogP contribution >= 0.6 is 27.5 Å². The minimum absolute atomic E-state index is 0.384. The molecule has 0 unspecified atom stereocenters. The molecule has 0 atom stereocenters. The monoisotopic (exact) mass is 427 g/mol. The first-order chi connectivity index (χ1) is 12.7. The summed E-state index contributed by atoms with van der Waals surface area (Å²) in [6.45, 7) is 0.384. The molecular formula is C17H11BrClN7. The third-order valence-corrected chi connectivity index (χ3v) is 4.32. The van der Waals surface area contributed by atoms with E-state index >= 15 is 0 Å². The molecule has 7 nitrogen and oxygen atoms in total. The topological polar surface area (TPSA) is 81.2 Å². The van der Waals surface area contributed by atoms with Crippen molar-refractivity contribution in [1.29, 1.82) is 0 Å². The second-order valence-corrected chi connectivity index (χ2v) is 6.66. The average Bonchev–Trinajstić information content (AvgIpc) is 3.08. The summed E-state index contributed by atoms with van der Waals surface area (Å²) >= 11 is 9.24. The summed E-state index contributed by atoms with van der Waals surface area (Å²) in [6, 6.07) is 11.4. The number of aromatic nitrogens is 5. The minimum atomic E-state index is 0.384. The number of nitrogens with zero attached hydrogens (tertiary/aromatic N) is 7. The first-order valence-electron chi connectivity index (χ1n) is 7.63. The Balaban J connectivity index is 1.64. The highest BCUT2D eigenvalue weighted by molar-refractivity contribution is 9.10. The van der Waals surface area contributed by atoms with Crippen molar-refractivity contribution >= 4 is 44.4 Å². The highest BCUT2D eigenvalue weighted by Gasteiger charge is 2.11. The van der Waals surface area contributed by atoms with Crippen molar-refractivity contribution < 1.29 is 0 Å². The summed E-state index contributed by atoms with van der Waals surface area (Å²) < 4.78 is 2.70. The van der Waals surface area contributed by atoms with Gasteiger partial charge in [-0.05, 0) is 29.8 Å². The van der Waals surface area contributed by atoms with E-state index < -0.39 is 0 Å². The Morgan fingerprint density at radius 2 is 2.00 bits per heavy atom. The van der Waals surface area contributed by atoms with Gasteiger partial charge in [0.2, 0.25) is 0 Å². The maximum Gasteiger partial charge on any atom is 0.188 e. The molecule has 0 aliphatic carbocycles. The molecule has 0 saturated heterocycles. The number of fused-ring (bicyclic) bond motifs is 1. The molecule has 4 rings (SSSR count). The lowest BCUT2D eigenvalue weighted by atomic mass is 10.3. The Bertz CT molecular complexity index is 1090. The van der Waals surface area contributed by atoms with Gasteiger partial charge < -0.3 is 0 Å². The van der Waals surface area contributed by atoms with Crippen LogP contribution in [0.25, 0.3) is 16.7 Å². The van der Waals surface area contributed by atoms with E-state index in [9.17, 15) is 0 Å². The molecule has 0 bridgehead atoms. The highest BCUT2D eigenvalue weighted by Crippen LogP contribution is 2.25. The van der Waals surface area contributed by atoms with Gasteiger partial charge in [0, 0.05) is 10.7 Å². The Hall–Kier alpha value is -2.71. The molecule has 26 heavy (non-hydrogen) atoms. The van der Waals surface area contributed by atoms with E-state index in [2.05, 4.69) is 46.2 Å². The molecule has 0 aliphatic heterocycles. The van der Waals surface area contributed by atoms with Gasteiger partial charge in [0.25, 0.3) is 0 Å². The summed E-state index contributed by atoms with van der Waals surface area (Å²) in [7, 11) is 0. The van der Waals surface area contributed by atoms with Crippen LogP contribution in [0.2, 0.25) is 5.15 Å². The van der Waals surface area contributed by atoms with Crippen molar-refractivity contribution in [2.24, 2.45) is 10.2 Å². The zero-order valence-corrected chi connectivity index (χ0v) is 15.6. The second kappa shape index (κ2) is 7.27. The summed E-state index contributed by atoms with van der Waals surface area (Å²) in [5, 5.41) is 14.0. The van der Waals surface area contributed by atoms with Crippen LogP contribution in [0, 0.1) is 0 Å². The van der Waals surface area contributed by atoms with E-state index in [4.69, 9.17) is 11.6 Å². The standard InChI is InChI=1S/C17H11BrClN7/c18-12-2-1-3-13(6-12)26-17-14(9-24-26)16(21-10-22-17)25-23-8-11-4-5-15(19)20-7-11/h1-7,9-10H,8H2. The van der Waals surface area contributed by atoms with Crippen LogP contribution in [0.4, 0.5) is 5.82 Å². The van der Waals surface area contributed by atoms with Crippen LogP contribution < -0.4 is 0 Å².